The Bertz CT molecular complexity index is 518. The van der Waals surface area contributed by atoms with Crippen LogP contribution in [-0.2, 0) is 0 Å². The third kappa shape index (κ3) is 1.32. The number of carboxylic acid groups (broad SMARTS) is 1. The summed E-state index contributed by atoms with van der Waals surface area (Å²) in [6.07, 6.45) is 0. The normalized spacial score (nSPS) is 10.6. The van der Waals surface area contributed by atoms with Crippen LogP contribution >= 0.6 is 22.9 Å². The summed E-state index contributed by atoms with van der Waals surface area (Å²) < 4.78 is 0.989. The fourth-order valence-electron chi connectivity index (χ4n) is 1.26. The molecule has 0 aliphatic carbocycles. The van der Waals surface area contributed by atoms with E-state index in [-0.39, 0.29) is 15.6 Å². The van der Waals surface area contributed by atoms with E-state index < -0.39 is 5.97 Å². The van der Waals surface area contributed by atoms with Gasteiger partial charge in [0.25, 0.3) is 0 Å². The number of carbonyl (C=O) groups is 1. The van der Waals surface area contributed by atoms with Gasteiger partial charge >= 0.3 is 5.97 Å². The zero-order chi connectivity index (χ0) is 10.3. The molecule has 0 radical (unpaired) electrons. The zero-order valence-electron chi connectivity index (χ0n) is 6.82. The molecular weight excluding hydrogens is 224 g/mol. The topological polar surface area (TPSA) is 57.5 Å². The lowest BCUT2D eigenvalue weighted by atomic mass is 10.2. The lowest BCUT2D eigenvalue weighted by Gasteiger charge is -1.94. The summed E-state index contributed by atoms with van der Waals surface area (Å²) in [5, 5.41) is 18.6. The summed E-state index contributed by atoms with van der Waals surface area (Å²) in [5.74, 6) is -1.04. The van der Waals surface area contributed by atoms with Crippen LogP contribution in [0.15, 0.2) is 18.2 Å². The molecule has 14 heavy (non-hydrogen) atoms. The van der Waals surface area contributed by atoms with Crippen molar-refractivity contribution in [1.29, 1.82) is 0 Å². The Morgan fingerprint density at radius 1 is 1.43 bits per heavy atom. The highest BCUT2D eigenvalue weighted by atomic mass is 35.5. The Kier molecular flexibility index (Phi) is 2.09. The van der Waals surface area contributed by atoms with Crippen molar-refractivity contribution in [3.05, 3.63) is 28.1 Å². The van der Waals surface area contributed by atoms with E-state index in [9.17, 15) is 9.90 Å². The van der Waals surface area contributed by atoms with Crippen LogP contribution in [0.1, 0.15) is 10.4 Å². The molecule has 3 nitrogen and oxygen atoms in total. The molecule has 1 aromatic carbocycles. The first-order chi connectivity index (χ1) is 6.59. The maximum Gasteiger partial charge on any atom is 0.338 e. The minimum absolute atomic E-state index is 0.0365. The number of phenolic OH excluding ortho intramolecular Hbond substituents is 1. The Balaban J connectivity index is 2.86. The molecule has 0 bridgehead atoms. The number of benzene rings is 1. The van der Waals surface area contributed by atoms with Gasteiger partial charge in [-0.15, -0.1) is 11.3 Å². The number of thiophene rings is 1. The highest BCUT2D eigenvalue weighted by molar-refractivity contribution is 7.23. The standard InChI is InChI=1S/C9H5ClO3S/c10-8-7(9(12)13)5-3-4(11)1-2-6(5)14-8/h1-3,11H,(H,12,13). The van der Waals surface area contributed by atoms with Crippen molar-refractivity contribution in [3.8, 4) is 5.75 Å². The molecule has 0 aliphatic rings. The summed E-state index contributed by atoms with van der Waals surface area (Å²) in [5.41, 5.74) is 0.0579. The van der Waals surface area contributed by atoms with Crippen LogP contribution in [0.25, 0.3) is 10.1 Å². The predicted octanol–water partition coefficient (Wildman–Crippen LogP) is 2.96. The fourth-order valence-corrected chi connectivity index (χ4v) is 2.59. The molecular formula is C9H5ClO3S. The maximum atomic E-state index is 10.8. The van der Waals surface area contributed by atoms with E-state index in [0.717, 1.165) is 4.70 Å². The summed E-state index contributed by atoms with van der Waals surface area (Å²) >= 11 is 6.96. The smallest absolute Gasteiger partial charge is 0.338 e. The van der Waals surface area contributed by atoms with E-state index in [1.54, 1.807) is 6.07 Å². The minimum atomic E-state index is -1.08. The van der Waals surface area contributed by atoms with E-state index in [1.165, 1.54) is 23.5 Å². The van der Waals surface area contributed by atoms with Gasteiger partial charge in [0.15, 0.2) is 0 Å². The molecule has 0 atom stereocenters. The third-order valence-corrected chi connectivity index (χ3v) is 3.22. The van der Waals surface area contributed by atoms with Gasteiger partial charge in [-0.3, -0.25) is 0 Å². The summed E-state index contributed by atoms with van der Waals surface area (Å²) in [6.45, 7) is 0. The fraction of sp³-hybridized carbons (Fsp3) is 0. The van der Waals surface area contributed by atoms with Gasteiger partial charge in [0.1, 0.15) is 10.1 Å². The van der Waals surface area contributed by atoms with Gasteiger partial charge in [0.05, 0.1) is 5.56 Å². The molecule has 0 spiro atoms. The average molecular weight is 229 g/mol. The van der Waals surface area contributed by atoms with Gasteiger partial charge in [-0.2, -0.15) is 0 Å². The molecule has 2 N–H and O–H groups in total. The van der Waals surface area contributed by atoms with Crippen molar-refractivity contribution in [3.63, 3.8) is 0 Å². The first kappa shape index (κ1) is 9.30. The van der Waals surface area contributed by atoms with Gasteiger partial charge < -0.3 is 10.2 Å². The van der Waals surface area contributed by atoms with Crippen LogP contribution in [-0.4, -0.2) is 16.2 Å². The summed E-state index contributed by atoms with van der Waals surface area (Å²) in [6, 6.07) is 4.55. The van der Waals surface area contributed by atoms with Gasteiger partial charge in [-0.25, -0.2) is 4.79 Å². The van der Waals surface area contributed by atoms with Gasteiger partial charge in [0.2, 0.25) is 0 Å². The first-order valence-corrected chi connectivity index (χ1v) is 4.93. The van der Waals surface area contributed by atoms with Gasteiger partial charge in [-0.05, 0) is 18.2 Å². The number of rotatable bonds is 1. The van der Waals surface area contributed by atoms with Crippen molar-refractivity contribution in [2.45, 2.75) is 0 Å². The second-order valence-electron chi connectivity index (χ2n) is 2.74. The number of carboxylic acids is 1. The van der Waals surface area contributed by atoms with Crippen LogP contribution in [0, 0.1) is 0 Å². The Labute approximate surface area is 88.2 Å². The van der Waals surface area contributed by atoms with Crippen LogP contribution in [0.5, 0.6) is 5.75 Å². The SMILES string of the molecule is O=C(O)c1c(Cl)sc2ccc(O)cc12. The lowest BCUT2D eigenvalue weighted by molar-refractivity contribution is 0.0699. The quantitative estimate of drug-likeness (QED) is 0.789. The Hall–Kier alpha value is -1.26. The van der Waals surface area contributed by atoms with E-state index in [1.807, 2.05) is 0 Å². The van der Waals surface area contributed by atoms with Crippen LogP contribution < -0.4 is 0 Å². The second kappa shape index (κ2) is 3.15. The number of aromatic hydroxyl groups is 1. The number of aromatic carboxylic acids is 1. The van der Waals surface area contributed by atoms with E-state index in [2.05, 4.69) is 0 Å². The third-order valence-electron chi connectivity index (χ3n) is 1.84. The molecule has 0 unspecified atom stereocenters. The summed E-state index contributed by atoms with van der Waals surface area (Å²) in [4.78, 5) is 10.8. The number of halogens is 1. The van der Waals surface area contributed by atoms with Crippen molar-refractivity contribution < 1.29 is 15.0 Å². The highest BCUT2D eigenvalue weighted by Gasteiger charge is 2.16. The van der Waals surface area contributed by atoms with Gasteiger partial charge in [0, 0.05) is 10.1 Å². The summed E-state index contributed by atoms with van der Waals surface area (Å²) in [7, 11) is 0. The molecule has 0 fully saturated rings. The first-order valence-electron chi connectivity index (χ1n) is 3.74. The molecule has 1 aromatic heterocycles. The van der Waals surface area contributed by atoms with Crippen molar-refractivity contribution >= 4 is 39.0 Å². The van der Waals surface area contributed by atoms with Crippen molar-refractivity contribution in [1.82, 2.24) is 0 Å². The number of fused-ring (bicyclic) bond motifs is 1. The van der Waals surface area contributed by atoms with Crippen molar-refractivity contribution in [2.75, 3.05) is 0 Å². The number of hydrogen-bond donors (Lipinski definition) is 2. The lowest BCUT2D eigenvalue weighted by Crippen LogP contribution is -1.94. The number of phenols is 1. The van der Waals surface area contributed by atoms with Crippen LogP contribution in [0.4, 0.5) is 0 Å². The predicted molar refractivity (Wildman–Crippen MR) is 55.5 cm³/mol. The second-order valence-corrected chi connectivity index (χ2v) is 4.39. The molecule has 5 heteroatoms. The molecule has 1 heterocycles. The monoisotopic (exact) mass is 228 g/mol. The Morgan fingerprint density at radius 2 is 2.14 bits per heavy atom. The van der Waals surface area contributed by atoms with Crippen LogP contribution in [0.2, 0.25) is 4.34 Å². The van der Waals surface area contributed by atoms with Gasteiger partial charge in [-0.1, -0.05) is 11.6 Å². The molecule has 0 amide bonds. The van der Waals surface area contributed by atoms with Crippen LogP contribution in [0.3, 0.4) is 0 Å². The molecule has 72 valence electrons. The van der Waals surface area contributed by atoms with E-state index in [4.69, 9.17) is 16.7 Å². The number of hydrogen-bond acceptors (Lipinski definition) is 3. The molecule has 0 saturated carbocycles. The Morgan fingerprint density at radius 3 is 2.79 bits per heavy atom. The van der Waals surface area contributed by atoms with Crippen molar-refractivity contribution in [2.24, 2.45) is 0 Å². The average Bonchev–Trinajstić information content (AvgIpc) is 2.40. The zero-order valence-corrected chi connectivity index (χ0v) is 8.39. The largest absolute Gasteiger partial charge is 0.508 e. The highest BCUT2D eigenvalue weighted by Crippen LogP contribution is 2.36. The molecule has 2 aromatic rings. The molecule has 2 rings (SSSR count). The molecule has 0 aliphatic heterocycles. The maximum absolute atomic E-state index is 10.8. The molecule has 0 saturated heterocycles. The van der Waals surface area contributed by atoms with E-state index >= 15 is 0 Å². The van der Waals surface area contributed by atoms with E-state index in [0.29, 0.717) is 5.39 Å². The minimum Gasteiger partial charge on any atom is -0.508 e.